The van der Waals surface area contributed by atoms with Gasteiger partial charge in [-0.3, -0.25) is 9.48 Å². The predicted molar refractivity (Wildman–Crippen MR) is 86.0 cm³/mol. The summed E-state index contributed by atoms with van der Waals surface area (Å²) in [5.74, 6) is 0.185. The molecule has 1 aliphatic heterocycles. The molecule has 23 heavy (non-hydrogen) atoms. The molecule has 1 aliphatic rings. The first-order valence-corrected chi connectivity index (χ1v) is 7.73. The van der Waals surface area contributed by atoms with E-state index in [0.29, 0.717) is 18.7 Å². The Hall–Kier alpha value is -2.12. The number of carbonyl (C=O) groups excluding carboxylic acids is 1. The molecule has 3 heterocycles. The number of halogens is 1. The molecule has 8 heteroatoms. The first-order chi connectivity index (χ1) is 11.1. The Bertz CT molecular complexity index is 718. The lowest BCUT2D eigenvalue weighted by atomic mass is 9.99. The van der Waals surface area contributed by atoms with Gasteiger partial charge < -0.3 is 15.8 Å². The van der Waals surface area contributed by atoms with Crippen LogP contribution in [0.3, 0.4) is 0 Å². The van der Waals surface area contributed by atoms with Crippen LogP contribution in [0.4, 0.5) is 5.82 Å². The van der Waals surface area contributed by atoms with Crippen molar-refractivity contribution in [1.29, 1.82) is 0 Å². The Morgan fingerprint density at radius 2 is 2.43 bits per heavy atom. The number of nitrogens with two attached hydrogens (primary N) is 1. The van der Waals surface area contributed by atoms with Crippen LogP contribution in [-0.2, 0) is 11.8 Å². The van der Waals surface area contributed by atoms with Crippen molar-refractivity contribution in [3.05, 3.63) is 40.8 Å². The van der Waals surface area contributed by atoms with Gasteiger partial charge in [-0.15, -0.1) is 0 Å². The van der Waals surface area contributed by atoms with E-state index in [0.717, 1.165) is 12.1 Å². The number of aryl methyl sites for hydroxylation is 1. The van der Waals surface area contributed by atoms with Crippen molar-refractivity contribution >= 4 is 23.3 Å². The van der Waals surface area contributed by atoms with Crippen molar-refractivity contribution < 1.29 is 9.53 Å². The number of nitrogens with one attached hydrogen (secondary N) is 1. The lowest BCUT2D eigenvalue weighted by Gasteiger charge is -2.19. The summed E-state index contributed by atoms with van der Waals surface area (Å²) in [4.78, 5) is 16.1. The molecular formula is C15H18ClN5O2. The van der Waals surface area contributed by atoms with E-state index in [9.17, 15) is 4.79 Å². The second-order valence-corrected chi connectivity index (χ2v) is 5.93. The van der Waals surface area contributed by atoms with E-state index in [2.05, 4.69) is 15.4 Å². The first-order valence-electron chi connectivity index (χ1n) is 7.35. The van der Waals surface area contributed by atoms with Gasteiger partial charge in [-0.25, -0.2) is 4.98 Å². The lowest BCUT2D eigenvalue weighted by Crippen LogP contribution is -2.31. The molecule has 2 aromatic heterocycles. The highest BCUT2D eigenvalue weighted by Gasteiger charge is 2.31. The van der Waals surface area contributed by atoms with Gasteiger partial charge in [-0.2, -0.15) is 5.10 Å². The highest BCUT2D eigenvalue weighted by atomic mass is 35.5. The zero-order chi connectivity index (χ0) is 16.4. The molecule has 2 atom stereocenters. The summed E-state index contributed by atoms with van der Waals surface area (Å²) in [5.41, 5.74) is 6.95. The Kier molecular flexibility index (Phi) is 4.49. The Balaban J connectivity index is 1.64. The van der Waals surface area contributed by atoms with Crippen LogP contribution in [0.25, 0.3) is 0 Å². The van der Waals surface area contributed by atoms with E-state index < -0.39 is 0 Å². The average Bonchev–Trinajstić information content (AvgIpc) is 3.15. The second kappa shape index (κ2) is 6.55. The van der Waals surface area contributed by atoms with E-state index in [1.165, 1.54) is 12.3 Å². The van der Waals surface area contributed by atoms with Crippen molar-refractivity contribution in [3.63, 3.8) is 0 Å². The number of nitrogen functional groups attached to an aromatic ring is 1. The van der Waals surface area contributed by atoms with Crippen molar-refractivity contribution in [2.45, 2.75) is 12.5 Å². The standard InChI is InChI=1S/C15H18ClN5O2/c1-21-12(2-4-20-21)13-9(3-5-23-13)7-19-15(22)10-6-11(16)14(17)18-8-10/h2,4,6,8-9,13H,3,5,7H2,1H3,(H2,17,18)(H,19,22)/t9-,13+/m0/s1. The van der Waals surface area contributed by atoms with E-state index in [-0.39, 0.29) is 28.8 Å². The summed E-state index contributed by atoms with van der Waals surface area (Å²) >= 11 is 5.90. The molecule has 0 bridgehead atoms. The molecule has 1 fully saturated rings. The molecule has 122 valence electrons. The molecule has 1 saturated heterocycles. The summed E-state index contributed by atoms with van der Waals surface area (Å²) in [7, 11) is 1.88. The molecule has 2 aromatic rings. The minimum atomic E-state index is -0.227. The topological polar surface area (TPSA) is 95.1 Å². The van der Waals surface area contributed by atoms with E-state index in [4.69, 9.17) is 22.1 Å². The van der Waals surface area contributed by atoms with Gasteiger partial charge in [0.2, 0.25) is 0 Å². The summed E-state index contributed by atoms with van der Waals surface area (Å²) in [5, 5.41) is 7.35. The van der Waals surface area contributed by atoms with Gasteiger partial charge in [-0.05, 0) is 18.6 Å². The molecule has 1 amide bonds. The van der Waals surface area contributed by atoms with Gasteiger partial charge in [0.15, 0.2) is 0 Å². The number of pyridine rings is 1. The largest absolute Gasteiger partial charge is 0.382 e. The van der Waals surface area contributed by atoms with Gasteiger partial charge in [0.25, 0.3) is 5.91 Å². The molecular weight excluding hydrogens is 318 g/mol. The zero-order valence-electron chi connectivity index (χ0n) is 12.7. The lowest BCUT2D eigenvalue weighted by molar-refractivity contribution is 0.0801. The molecule has 0 aliphatic carbocycles. The predicted octanol–water partition coefficient (Wildman–Crippen LogP) is 1.56. The minimum Gasteiger partial charge on any atom is -0.382 e. The fourth-order valence-electron chi connectivity index (χ4n) is 2.73. The SMILES string of the molecule is Cn1nccc1[C@@H]1OCC[C@H]1CNC(=O)c1cnc(N)c(Cl)c1. The number of carbonyl (C=O) groups is 1. The molecule has 0 radical (unpaired) electrons. The third kappa shape index (κ3) is 3.30. The third-order valence-electron chi connectivity index (χ3n) is 4.02. The monoisotopic (exact) mass is 335 g/mol. The maximum Gasteiger partial charge on any atom is 0.252 e. The van der Waals surface area contributed by atoms with E-state index >= 15 is 0 Å². The number of rotatable bonds is 4. The Morgan fingerprint density at radius 3 is 3.13 bits per heavy atom. The minimum absolute atomic E-state index is 0.0593. The number of amides is 1. The van der Waals surface area contributed by atoms with Crippen LogP contribution < -0.4 is 11.1 Å². The second-order valence-electron chi connectivity index (χ2n) is 5.52. The van der Waals surface area contributed by atoms with Gasteiger partial charge >= 0.3 is 0 Å². The maximum absolute atomic E-state index is 12.2. The van der Waals surface area contributed by atoms with Crippen molar-refractivity contribution in [1.82, 2.24) is 20.1 Å². The smallest absolute Gasteiger partial charge is 0.252 e. The fraction of sp³-hybridized carbons (Fsp3) is 0.400. The van der Waals surface area contributed by atoms with Crippen LogP contribution in [0.2, 0.25) is 5.02 Å². The summed E-state index contributed by atoms with van der Waals surface area (Å²) in [6, 6.07) is 3.46. The number of hydrogen-bond donors (Lipinski definition) is 2. The van der Waals surface area contributed by atoms with Crippen molar-refractivity contribution in [2.24, 2.45) is 13.0 Å². The Labute approximate surface area is 138 Å². The highest BCUT2D eigenvalue weighted by molar-refractivity contribution is 6.33. The maximum atomic E-state index is 12.2. The molecule has 3 rings (SSSR count). The molecule has 0 spiro atoms. The summed E-state index contributed by atoms with van der Waals surface area (Å²) < 4.78 is 7.60. The number of aromatic nitrogens is 3. The molecule has 0 unspecified atom stereocenters. The van der Waals surface area contributed by atoms with E-state index in [1.54, 1.807) is 10.9 Å². The Morgan fingerprint density at radius 1 is 1.61 bits per heavy atom. The van der Waals surface area contributed by atoms with Crippen LogP contribution in [0.5, 0.6) is 0 Å². The van der Waals surface area contributed by atoms with Gasteiger partial charge in [0.05, 0.1) is 16.3 Å². The first kappa shape index (κ1) is 15.8. The number of hydrogen-bond acceptors (Lipinski definition) is 5. The van der Waals surface area contributed by atoms with Crippen molar-refractivity contribution in [2.75, 3.05) is 18.9 Å². The average molecular weight is 336 g/mol. The zero-order valence-corrected chi connectivity index (χ0v) is 13.5. The third-order valence-corrected chi connectivity index (χ3v) is 4.32. The molecule has 0 saturated carbocycles. The normalized spacial score (nSPS) is 20.6. The van der Waals surface area contributed by atoms with E-state index in [1.807, 2.05) is 13.1 Å². The van der Waals surface area contributed by atoms with Crippen molar-refractivity contribution in [3.8, 4) is 0 Å². The number of nitrogens with zero attached hydrogens (tertiary/aromatic N) is 3. The van der Waals surface area contributed by atoms with Gasteiger partial charge in [0, 0.05) is 38.5 Å². The fourth-order valence-corrected chi connectivity index (χ4v) is 2.90. The van der Waals surface area contributed by atoms with Gasteiger partial charge in [-0.1, -0.05) is 11.6 Å². The van der Waals surface area contributed by atoms with Crippen LogP contribution in [-0.4, -0.2) is 33.8 Å². The van der Waals surface area contributed by atoms with Crippen LogP contribution in [0, 0.1) is 5.92 Å². The number of anilines is 1. The van der Waals surface area contributed by atoms with Crippen LogP contribution in [0.1, 0.15) is 28.6 Å². The molecule has 7 nitrogen and oxygen atoms in total. The molecule has 3 N–H and O–H groups in total. The molecule has 0 aromatic carbocycles. The van der Waals surface area contributed by atoms with Crippen LogP contribution in [0.15, 0.2) is 24.5 Å². The quantitative estimate of drug-likeness (QED) is 0.884. The van der Waals surface area contributed by atoms with Gasteiger partial charge in [0.1, 0.15) is 11.9 Å². The summed E-state index contributed by atoms with van der Waals surface area (Å²) in [6.07, 6.45) is 3.99. The van der Waals surface area contributed by atoms with Crippen LogP contribution >= 0.6 is 11.6 Å². The summed E-state index contributed by atoms with van der Waals surface area (Å²) in [6.45, 7) is 1.18. The number of ether oxygens (including phenoxy) is 1. The highest BCUT2D eigenvalue weighted by Crippen LogP contribution is 2.33.